The molecule has 0 bridgehead atoms. The predicted octanol–water partition coefficient (Wildman–Crippen LogP) is 4.65. The van der Waals surface area contributed by atoms with Gasteiger partial charge in [0.2, 0.25) is 5.43 Å². The first-order chi connectivity index (χ1) is 14.0. The number of phenols is 1. The van der Waals surface area contributed by atoms with Gasteiger partial charge in [0.15, 0.2) is 0 Å². The average Bonchev–Trinajstić information content (AvgIpc) is 2.70. The van der Waals surface area contributed by atoms with Gasteiger partial charge in [0.25, 0.3) is 0 Å². The number of ether oxygens (including phenoxy) is 1. The van der Waals surface area contributed by atoms with Crippen LogP contribution in [0.25, 0.3) is 22.1 Å². The molecule has 1 aromatic heterocycles. The molecule has 0 aliphatic carbocycles. The third-order valence-electron chi connectivity index (χ3n) is 5.75. The van der Waals surface area contributed by atoms with E-state index in [1.807, 2.05) is 24.3 Å². The van der Waals surface area contributed by atoms with E-state index in [9.17, 15) is 9.90 Å². The maximum Gasteiger partial charge on any atom is 0.200 e. The Morgan fingerprint density at radius 2 is 1.79 bits per heavy atom. The van der Waals surface area contributed by atoms with Crippen molar-refractivity contribution < 1.29 is 14.3 Å². The van der Waals surface area contributed by atoms with E-state index in [4.69, 9.17) is 9.15 Å². The highest BCUT2D eigenvalue weighted by molar-refractivity contribution is 5.85. The predicted molar refractivity (Wildman–Crippen MR) is 114 cm³/mol. The minimum absolute atomic E-state index is 0.0990. The summed E-state index contributed by atoms with van der Waals surface area (Å²) >= 11 is 0. The van der Waals surface area contributed by atoms with Gasteiger partial charge >= 0.3 is 0 Å². The second-order valence-corrected chi connectivity index (χ2v) is 8.29. The van der Waals surface area contributed by atoms with Crippen molar-refractivity contribution in [3.05, 3.63) is 58.4 Å². The van der Waals surface area contributed by atoms with Crippen molar-refractivity contribution in [3.63, 3.8) is 0 Å². The molecule has 1 N–H and O–H groups in total. The Labute approximate surface area is 170 Å². The lowest BCUT2D eigenvalue weighted by atomic mass is 9.91. The van der Waals surface area contributed by atoms with Gasteiger partial charge in [-0.3, -0.25) is 9.69 Å². The molecule has 5 heteroatoms. The molecule has 0 radical (unpaired) electrons. The van der Waals surface area contributed by atoms with Crippen LogP contribution in [0.5, 0.6) is 11.5 Å². The first-order valence-corrected chi connectivity index (χ1v) is 10.1. The molecule has 0 saturated carbocycles. The molecule has 3 aromatic rings. The van der Waals surface area contributed by atoms with Crippen LogP contribution in [-0.4, -0.2) is 30.2 Å². The van der Waals surface area contributed by atoms with Gasteiger partial charge in [0.05, 0.1) is 23.6 Å². The van der Waals surface area contributed by atoms with Crippen LogP contribution in [-0.2, 0) is 6.54 Å². The zero-order valence-corrected chi connectivity index (χ0v) is 17.1. The van der Waals surface area contributed by atoms with E-state index >= 15 is 0 Å². The molecule has 0 spiro atoms. The lowest BCUT2D eigenvalue weighted by Gasteiger charge is -2.35. The number of fused-ring (bicyclic) bond motifs is 1. The quantitative estimate of drug-likeness (QED) is 0.699. The number of nitrogens with zero attached hydrogens (tertiary/aromatic N) is 1. The van der Waals surface area contributed by atoms with E-state index in [1.54, 1.807) is 19.2 Å². The Morgan fingerprint density at radius 1 is 1.10 bits per heavy atom. The van der Waals surface area contributed by atoms with Crippen LogP contribution in [0.4, 0.5) is 0 Å². The summed E-state index contributed by atoms with van der Waals surface area (Å²) in [5, 5.41) is 11.0. The number of likely N-dealkylation sites (tertiary alicyclic amines) is 1. The number of aromatic hydroxyl groups is 1. The number of hydrogen-bond donors (Lipinski definition) is 1. The molecule has 1 fully saturated rings. The third-order valence-corrected chi connectivity index (χ3v) is 5.75. The van der Waals surface area contributed by atoms with Gasteiger partial charge in [-0.2, -0.15) is 0 Å². The topological polar surface area (TPSA) is 62.9 Å². The van der Waals surface area contributed by atoms with E-state index in [0.717, 1.165) is 24.4 Å². The molecule has 2 atom stereocenters. The summed E-state index contributed by atoms with van der Waals surface area (Å²) in [6, 6.07) is 10.6. The molecule has 0 unspecified atom stereocenters. The molecule has 1 aliphatic heterocycles. The molecule has 0 amide bonds. The van der Waals surface area contributed by atoms with Crippen molar-refractivity contribution in [1.29, 1.82) is 0 Å². The first-order valence-electron chi connectivity index (χ1n) is 10.1. The summed E-state index contributed by atoms with van der Waals surface area (Å²) in [7, 11) is 1.61. The maximum atomic E-state index is 13.2. The molecule has 1 aliphatic rings. The van der Waals surface area contributed by atoms with Gasteiger partial charge in [-0.15, -0.1) is 0 Å². The van der Waals surface area contributed by atoms with Crippen molar-refractivity contribution in [2.24, 2.45) is 11.8 Å². The van der Waals surface area contributed by atoms with E-state index in [2.05, 4.69) is 18.7 Å². The van der Waals surface area contributed by atoms with E-state index in [1.165, 1.54) is 12.7 Å². The fourth-order valence-corrected chi connectivity index (χ4v) is 4.51. The van der Waals surface area contributed by atoms with Crippen LogP contribution < -0.4 is 10.2 Å². The number of piperidine rings is 1. The lowest BCUT2D eigenvalue weighted by Crippen LogP contribution is -2.38. The van der Waals surface area contributed by atoms with Crippen LogP contribution >= 0.6 is 0 Å². The van der Waals surface area contributed by atoms with Crippen molar-refractivity contribution in [2.75, 3.05) is 20.2 Å². The van der Waals surface area contributed by atoms with Crippen molar-refractivity contribution in [3.8, 4) is 22.6 Å². The van der Waals surface area contributed by atoms with Gasteiger partial charge in [-0.1, -0.05) is 26.0 Å². The van der Waals surface area contributed by atoms with Crippen molar-refractivity contribution >= 4 is 11.0 Å². The molecule has 5 nitrogen and oxygen atoms in total. The van der Waals surface area contributed by atoms with Gasteiger partial charge < -0.3 is 14.3 Å². The standard InChI is InChI=1S/C24H27NO4/c1-15-10-16(2)12-25(11-15)13-20-22(26)9-8-19-23(27)21(14-29-24(19)20)17-4-6-18(28-3)7-5-17/h4-9,14-16,26H,10-13H2,1-3H3/t15-,16+. The SMILES string of the molecule is COc1ccc(-c2coc3c(CN4C[C@H](C)C[C@H](C)C4)c(O)ccc3c2=O)cc1. The Kier molecular flexibility index (Phi) is 5.33. The fourth-order valence-electron chi connectivity index (χ4n) is 4.51. The van der Waals surface area contributed by atoms with Gasteiger partial charge in [0.1, 0.15) is 23.3 Å². The monoisotopic (exact) mass is 393 g/mol. The highest BCUT2D eigenvalue weighted by Crippen LogP contribution is 2.31. The van der Waals surface area contributed by atoms with E-state index in [0.29, 0.717) is 40.5 Å². The molecule has 2 heterocycles. The van der Waals surface area contributed by atoms with Gasteiger partial charge in [-0.25, -0.2) is 0 Å². The zero-order valence-electron chi connectivity index (χ0n) is 17.1. The number of methoxy groups -OCH3 is 1. The number of rotatable bonds is 4. The molecular weight excluding hydrogens is 366 g/mol. The normalized spacial score (nSPS) is 20.1. The molecule has 4 rings (SSSR count). The summed E-state index contributed by atoms with van der Waals surface area (Å²) in [6.45, 7) is 7.05. The zero-order chi connectivity index (χ0) is 20.5. The molecule has 152 valence electrons. The van der Waals surface area contributed by atoms with Crippen LogP contribution in [0.3, 0.4) is 0 Å². The molecule has 29 heavy (non-hydrogen) atoms. The Hall–Kier alpha value is -2.79. The summed E-state index contributed by atoms with van der Waals surface area (Å²) in [4.78, 5) is 15.5. The Balaban J connectivity index is 1.74. The third kappa shape index (κ3) is 3.87. The summed E-state index contributed by atoms with van der Waals surface area (Å²) < 4.78 is 11.1. The van der Waals surface area contributed by atoms with Gasteiger partial charge in [0, 0.05) is 19.6 Å². The minimum atomic E-state index is -0.0990. The minimum Gasteiger partial charge on any atom is -0.507 e. The smallest absolute Gasteiger partial charge is 0.200 e. The van der Waals surface area contributed by atoms with Crippen molar-refractivity contribution in [2.45, 2.75) is 26.8 Å². The van der Waals surface area contributed by atoms with E-state index < -0.39 is 0 Å². The number of benzene rings is 2. The summed E-state index contributed by atoms with van der Waals surface area (Å²) in [6.07, 6.45) is 2.72. The van der Waals surface area contributed by atoms with Crippen LogP contribution in [0.15, 0.2) is 51.9 Å². The average molecular weight is 393 g/mol. The van der Waals surface area contributed by atoms with Crippen LogP contribution in [0, 0.1) is 11.8 Å². The van der Waals surface area contributed by atoms with E-state index in [-0.39, 0.29) is 11.2 Å². The Morgan fingerprint density at radius 3 is 2.45 bits per heavy atom. The summed E-state index contributed by atoms with van der Waals surface area (Å²) in [5.41, 5.74) is 2.32. The van der Waals surface area contributed by atoms with Crippen LogP contribution in [0.2, 0.25) is 0 Å². The highest BCUT2D eigenvalue weighted by Gasteiger charge is 2.24. The Bertz CT molecular complexity index is 1060. The second-order valence-electron chi connectivity index (χ2n) is 8.29. The summed E-state index contributed by atoms with van der Waals surface area (Å²) in [5.74, 6) is 2.13. The molecular formula is C24H27NO4. The lowest BCUT2D eigenvalue weighted by molar-refractivity contribution is 0.133. The van der Waals surface area contributed by atoms with Crippen LogP contribution in [0.1, 0.15) is 25.8 Å². The van der Waals surface area contributed by atoms with Crippen molar-refractivity contribution in [1.82, 2.24) is 4.90 Å². The number of hydrogen-bond acceptors (Lipinski definition) is 5. The largest absolute Gasteiger partial charge is 0.507 e. The van der Waals surface area contributed by atoms with Gasteiger partial charge in [-0.05, 0) is 48.1 Å². The molecule has 1 saturated heterocycles. The molecule has 2 aromatic carbocycles. The fraction of sp³-hybridized carbons (Fsp3) is 0.375. The first kappa shape index (κ1) is 19.5. The second kappa shape index (κ2) is 7.91. The highest BCUT2D eigenvalue weighted by atomic mass is 16.5. The maximum absolute atomic E-state index is 13.2. The number of phenolic OH excluding ortho intramolecular Hbond substituents is 1.